The fourth-order valence-electron chi connectivity index (χ4n) is 21.8. The van der Waals surface area contributed by atoms with E-state index in [0.717, 1.165) is 51.2 Å². The summed E-state index contributed by atoms with van der Waals surface area (Å²) in [5, 5.41) is 0. The number of hydrogen-bond acceptors (Lipinski definition) is 8. The van der Waals surface area contributed by atoms with Gasteiger partial charge in [0.15, 0.2) is 0 Å². The first-order chi connectivity index (χ1) is 74.2. The van der Waals surface area contributed by atoms with Crippen molar-refractivity contribution in [2.24, 2.45) is 0 Å². The minimum Gasteiger partial charge on any atom is -0.345 e. The zero-order valence-electron chi connectivity index (χ0n) is 84.0. The fourth-order valence-corrected chi connectivity index (χ4v) is 21.8. The van der Waals surface area contributed by atoms with Crippen molar-refractivity contribution in [2.75, 3.05) is 67.4 Å². The van der Waals surface area contributed by atoms with Gasteiger partial charge in [0.2, 0.25) is 0 Å². The largest absolute Gasteiger partial charge is 0.345 e. The smallest absolute Gasteiger partial charge is 0.0542 e. The molecule has 0 saturated heterocycles. The lowest BCUT2D eigenvalue weighted by Crippen LogP contribution is -2.13. The second kappa shape index (κ2) is 41.7. The summed E-state index contributed by atoms with van der Waals surface area (Å²) in [6, 6.07) is 208. The van der Waals surface area contributed by atoms with Gasteiger partial charge in [-0.15, -0.1) is 0 Å². The number of hydrogen-bond donors (Lipinski definition) is 0. The van der Waals surface area contributed by atoms with Crippen molar-refractivity contribution in [3.63, 3.8) is 0 Å². The predicted molar refractivity (Wildman–Crippen MR) is 637 cm³/mol. The molecule has 8 nitrogen and oxygen atoms in total. The molecule has 4 aliphatic rings. The maximum Gasteiger partial charge on any atom is 0.0542 e. The molecule has 0 atom stereocenters. The lowest BCUT2D eigenvalue weighted by Gasteiger charge is -2.29. The van der Waals surface area contributed by atoms with Gasteiger partial charge in [-0.25, -0.2) is 0 Å². The van der Waals surface area contributed by atoms with Crippen LogP contribution in [0.3, 0.4) is 0 Å². The van der Waals surface area contributed by atoms with Crippen LogP contribution in [0.15, 0.2) is 582 Å². The van der Waals surface area contributed by atoms with Gasteiger partial charge >= 0.3 is 0 Å². The van der Waals surface area contributed by atoms with Crippen LogP contribution in [0, 0.1) is 0 Å². The molecule has 4 heterocycles. The first kappa shape index (κ1) is 92.8. The van der Waals surface area contributed by atoms with Crippen LogP contribution in [0.25, 0.3) is 122 Å². The van der Waals surface area contributed by atoms with Gasteiger partial charge in [0, 0.05) is 147 Å². The molecule has 150 heavy (non-hydrogen) atoms. The molecule has 0 bridgehead atoms. The highest BCUT2D eigenvalue weighted by Crippen LogP contribution is 2.58. The third-order valence-corrected chi connectivity index (χ3v) is 29.3. The molecule has 0 aromatic heterocycles. The average Bonchev–Trinajstić information content (AvgIpc) is 1.62. The molecule has 0 spiro atoms. The van der Waals surface area contributed by atoms with Crippen LogP contribution < -0.4 is 39.2 Å². The van der Waals surface area contributed by atoms with E-state index in [1.807, 2.05) is 0 Å². The summed E-state index contributed by atoms with van der Waals surface area (Å²) < 4.78 is 0. The highest BCUT2D eigenvalue weighted by molar-refractivity contribution is 6.09. The lowest BCUT2D eigenvalue weighted by molar-refractivity contribution is 1.20. The van der Waals surface area contributed by atoms with Gasteiger partial charge < -0.3 is 39.2 Å². The molecular formula is C142H108N8. The molecule has 0 radical (unpaired) electrons. The van der Waals surface area contributed by atoms with Crippen molar-refractivity contribution in [1.29, 1.82) is 0 Å². The average molecular weight is 1930 g/mol. The Morgan fingerprint density at radius 2 is 0.300 bits per heavy atom. The molecule has 0 unspecified atom stereocenters. The Balaban J connectivity index is 0.000000107. The molecule has 4 aliphatic heterocycles. The molecule has 0 fully saturated rings. The van der Waals surface area contributed by atoms with Crippen molar-refractivity contribution < 1.29 is 0 Å². The van der Waals surface area contributed by atoms with Crippen LogP contribution >= 0.6 is 0 Å². The SMILES string of the molecule is CN(c1ccc(-c2ccccc2)cc1)c1ccc2c(c1)-c1ccccc1-c1ccccc1N2c1ccccc1.CN(c1ccc(-c2ccccc2)cc1)c1ccc2c(c1)-c1ccccc1N(c1ccccc1)c1ccccc1-2.CN(c1ccc2c(c1)-c1ccccc1-c1ccccc1N2c1ccccc1)c1ccccc1-c1ccccc1.CN(c1ccccc1)c1ccc2c(c1)-c1ccccc1N(c1ccccc1)c1ccccc1-2. The molecule has 0 aliphatic carbocycles. The zero-order valence-corrected chi connectivity index (χ0v) is 84.0. The van der Waals surface area contributed by atoms with Gasteiger partial charge in [0.25, 0.3) is 0 Å². The van der Waals surface area contributed by atoms with E-state index in [2.05, 4.69) is 650 Å². The van der Waals surface area contributed by atoms with Gasteiger partial charge in [-0.05, 0) is 260 Å². The molecule has 27 rings (SSSR count). The highest BCUT2D eigenvalue weighted by atomic mass is 15.2. The summed E-state index contributed by atoms with van der Waals surface area (Å²) >= 11 is 0. The molecule has 23 aromatic rings. The van der Waals surface area contributed by atoms with Crippen molar-refractivity contribution in [2.45, 2.75) is 0 Å². The van der Waals surface area contributed by atoms with Crippen LogP contribution in [0.5, 0.6) is 0 Å². The number of rotatable bonds is 15. The van der Waals surface area contributed by atoms with E-state index in [-0.39, 0.29) is 0 Å². The fraction of sp³-hybridized carbons (Fsp3) is 0.0282. The van der Waals surface area contributed by atoms with Gasteiger partial charge in [-0.2, -0.15) is 0 Å². The Hall–Kier alpha value is -19.5. The van der Waals surface area contributed by atoms with Crippen molar-refractivity contribution in [3.05, 3.63) is 582 Å². The second-order valence-corrected chi connectivity index (χ2v) is 38.0. The first-order valence-corrected chi connectivity index (χ1v) is 51.3. The Bertz CT molecular complexity index is 8750. The Morgan fingerprint density at radius 1 is 0.113 bits per heavy atom. The second-order valence-electron chi connectivity index (χ2n) is 38.0. The van der Waals surface area contributed by atoms with Gasteiger partial charge in [0.1, 0.15) is 0 Å². The standard InChI is InChI=1S/3C37H28N2.C31H24N2/c1-38(29-22-20-28(21-23-29)27-12-4-2-5-13-27)31-24-25-32-33-16-8-10-18-36(33)39(30-14-6-3-7-15-30)37-19-11-9-17-34(37)35(32)26-31;1-38(35-22-12-10-18-30(35)27-14-4-2-5-15-27)29-24-25-37-34(26-29)32-20-9-8-19-31(32)33-21-11-13-23-36(33)39(37)28-16-6-3-7-17-28;1-38(29-22-20-28(21-23-29)27-12-4-2-5-13-27)31-24-25-37-35(26-31)33-17-9-8-16-32(33)34-18-10-11-19-36(34)39(37)30-14-6-3-7-15-30;1-32(23-12-4-2-5-13-23)25-20-21-26-27-16-8-10-18-30(27)33(24-14-6-3-7-15-24)31-19-11-9-17-28(31)29(26)22-25/h3*2-26H,1H3;2-22H,1H3. The van der Waals surface area contributed by atoms with Gasteiger partial charge in [-0.3, -0.25) is 0 Å². The van der Waals surface area contributed by atoms with E-state index in [1.54, 1.807) is 0 Å². The first-order valence-electron chi connectivity index (χ1n) is 51.3. The minimum absolute atomic E-state index is 1.14. The molecule has 716 valence electrons. The summed E-state index contributed by atoms with van der Waals surface area (Å²) in [6.45, 7) is 0. The van der Waals surface area contributed by atoms with Crippen LogP contribution in [0.1, 0.15) is 0 Å². The number of nitrogens with zero attached hydrogens (tertiary/aromatic N) is 8. The third-order valence-electron chi connectivity index (χ3n) is 29.3. The molecule has 0 saturated carbocycles. The number of anilines is 20. The monoisotopic (exact) mass is 1920 g/mol. The maximum atomic E-state index is 2.40. The molecular weight excluding hydrogens is 1820 g/mol. The maximum absolute atomic E-state index is 2.40. The van der Waals surface area contributed by atoms with E-state index in [9.17, 15) is 0 Å². The third kappa shape index (κ3) is 18.1. The zero-order chi connectivity index (χ0) is 101. The van der Waals surface area contributed by atoms with E-state index in [4.69, 9.17) is 0 Å². The van der Waals surface area contributed by atoms with Gasteiger partial charge in [0.05, 0.1) is 45.5 Å². The minimum atomic E-state index is 1.14. The van der Waals surface area contributed by atoms with E-state index < -0.39 is 0 Å². The normalized spacial score (nSPS) is 11.7. The summed E-state index contributed by atoms with van der Waals surface area (Å²) in [5.41, 5.74) is 50.5. The summed E-state index contributed by atoms with van der Waals surface area (Å²) in [6.07, 6.45) is 0. The summed E-state index contributed by atoms with van der Waals surface area (Å²) in [5.74, 6) is 0. The topological polar surface area (TPSA) is 25.9 Å². The number of benzene rings is 23. The van der Waals surface area contributed by atoms with E-state index >= 15 is 0 Å². The Kier molecular flexibility index (Phi) is 25.8. The van der Waals surface area contributed by atoms with Crippen LogP contribution in [0.2, 0.25) is 0 Å². The molecule has 0 N–H and O–H groups in total. The van der Waals surface area contributed by atoms with Crippen molar-refractivity contribution in [3.8, 4) is 122 Å². The van der Waals surface area contributed by atoms with Crippen molar-refractivity contribution >= 4 is 114 Å². The molecule has 0 amide bonds. The van der Waals surface area contributed by atoms with Crippen LogP contribution in [-0.4, -0.2) is 28.2 Å². The summed E-state index contributed by atoms with van der Waals surface area (Å²) in [7, 11) is 8.58. The molecule has 8 heteroatoms. The van der Waals surface area contributed by atoms with Crippen LogP contribution in [-0.2, 0) is 0 Å². The van der Waals surface area contributed by atoms with Gasteiger partial charge in [-0.1, -0.05) is 394 Å². The van der Waals surface area contributed by atoms with E-state index in [0.29, 0.717) is 0 Å². The number of para-hydroxylation sites is 12. The summed E-state index contributed by atoms with van der Waals surface area (Å²) in [4.78, 5) is 18.6. The quantitative estimate of drug-likeness (QED) is 0.100. The Labute approximate surface area is 879 Å². The molecule has 23 aromatic carbocycles. The van der Waals surface area contributed by atoms with E-state index in [1.165, 1.54) is 185 Å². The number of fused-ring (bicyclic) bond motifs is 20. The highest BCUT2D eigenvalue weighted by Gasteiger charge is 2.33. The Morgan fingerprint density at radius 3 is 0.607 bits per heavy atom. The van der Waals surface area contributed by atoms with Crippen molar-refractivity contribution in [1.82, 2.24) is 0 Å². The lowest BCUT2D eigenvalue weighted by atomic mass is 9.94. The van der Waals surface area contributed by atoms with Crippen LogP contribution in [0.4, 0.5) is 114 Å². The predicted octanol–water partition coefficient (Wildman–Crippen LogP) is 39.3.